The molecule has 0 spiro atoms. The summed E-state index contributed by atoms with van der Waals surface area (Å²) >= 11 is 5.15. The Labute approximate surface area is 164 Å². The van der Waals surface area contributed by atoms with E-state index in [9.17, 15) is 9.59 Å². The molecule has 3 aromatic rings. The van der Waals surface area contributed by atoms with Gasteiger partial charge in [0.25, 0.3) is 5.56 Å². The monoisotopic (exact) mass is 433 g/mol. The van der Waals surface area contributed by atoms with E-state index in [1.54, 1.807) is 4.57 Å². The minimum atomic E-state index is -0.361. The number of primary amides is 1. The van der Waals surface area contributed by atoms with Gasteiger partial charge < -0.3 is 5.73 Å². The predicted octanol–water partition coefficient (Wildman–Crippen LogP) is 4.08. The zero-order chi connectivity index (χ0) is 19.0. The van der Waals surface area contributed by atoms with Gasteiger partial charge in [-0.25, -0.2) is 4.98 Å². The molecular weight excluding hydrogens is 414 g/mol. The van der Waals surface area contributed by atoms with Crippen molar-refractivity contribution in [2.45, 2.75) is 40.2 Å². The largest absolute Gasteiger partial charge is 0.370 e. The van der Waals surface area contributed by atoms with Gasteiger partial charge in [0.1, 0.15) is 10.7 Å². The molecule has 0 saturated carbocycles. The number of hydrogen-bond acceptors (Lipinski definition) is 4. The molecule has 0 aliphatic heterocycles. The molecule has 0 radical (unpaired) electrons. The molecule has 0 aliphatic rings. The van der Waals surface area contributed by atoms with Crippen molar-refractivity contribution in [3.8, 4) is 11.1 Å². The van der Waals surface area contributed by atoms with Crippen LogP contribution in [0.1, 0.15) is 29.1 Å². The van der Waals surface area contributed by atoms with E-state index in [4.69, 9.17) is 5.73 Å². The number of rotatable bonds is 5. The van der Waals surface area contributed by atoms with Crippen LogP contribution in [-0.4, -0.2) is 15.5 Å². The van der Waals surface area contributed by atoms with Crippen molar-refractivity contribution in [3.63, 3.8) is 0 Å². The van der Waals surface area contributed by atoms with Crippen molar-refractivity contribution in [2.24, 2.45) is 5.73 Å². The van der Waals surface area contributed by atoms with E-state index in [1.165, 1.54) is 11.3 Å². The van der Waals surface area contributed by atoms with Crippen LogP contribution in [0.3, 0.4) is 0 Å². The molecule has 0 atom stereocenters. The molecule has 0 aliphatic carbocycles. The van der Waals surface area contributed by atoms with E-state index in [0.29, 0.717) is 24.2 Å². The summed E-state index contributed by atoms with van der Waals surface area (Å²) in [5.74, 6) is 0.295. The summed E-state index contributed by atoms with van der Waals surface area (Å²) in [6.07, 6.45) is 0.777. The van der Waals surface area contributed by atoms with Crippen LogP contribution in [-0.2, 0) is 11.3 Å². The summed E-state index contributed by atoms with van der Waals surface area (Å²) in [6, 6.07) is 6.11. The first-order chi connectivity index (χ1) is 12.3. The normalized spacial score (nSPS) is 11.2. The van der Waals surface area contributed by atoms with Gasteiger partial charge in [-0.15, -0.1) is 11.3 Å². The Balaban J connectivity index is 2.22. The topological polar surface area (TPSA) is 78.0 Å². The van der Waals surface area contributed by atoms with Crippen molar-refractivity contribution < 1.29 is 4.79 Å². The van der Waals surface area contributed by atoms with Crippen LogP contribution in [0.2, 0.25) is 0 Å². The number of thiophene rings is 1. The molecule has 2 N–H and O–H groups in total. The lowest BCUT2D eigenvalue weighted by Gasteiger charge is -2.11. The number of nitrogens with two attached hydrogens (primary N) is 1. The lowest BCUT2D eigenvalue weighted by atomic mass is 10.0. The fourth-order valence-corrected chi connectivity index (χ4v) is 4.64. The third-order valence-electron chi connectivity index (χ3n) is 4.37. The highest BCUT2D eigenvalue weighted by Gasteiger charge is 2.20. The van der Waals surface area contributed by atoms with Gasteiger partial charge in [-0.2, -0.15) is 0 Å². The molecule has 5 nitrogen and oxygen atoms in total. The molecule has 0 fully saturated rings. The van der Waals surface area contributed by atoms with Gasteiger partial charge in [-0.1, -0.05) is 33.6 Å². The zero-order valence-corrected chi connectivity index (χ0v) is 17.3. The standard InChI is InChI=1S/C19H20BrN3O2S/c1-10-6-7-14(20)13(9-10)16-11(2)26-18-17(16)19(25)23(12(3)22-18)8-4-5-15(21)24/h6-7,9H,4-5,8H2,1-3H3,(H2,21,24). The SMILES string of the molecule is Cc1ccc(Br)c(-c2c(C)sc3nc(C)n(CCCC(N)=O)c(=O)c23)c1. The van der Waals surface area contributed by atoms with Crippen molar-refractivity contribution >= 4 is 43.4 Å². The minimum absolute atomic E-state index is 0.0651. The fraction of sp³-hybridized carbons (Fsp3) is 0.316. The number of fused-ring (bicyclic) bond motifs is 1. The molecule has 2 aromatic heterocycles. The van der Waals surface area contributed by atoms with Gasteiger partial charge in [0.05, 0.1) is 5.39 Å². The predicted molar refractivity (Wildman–Crippen MR) is 110 cm³/mol. The van der Waals surface area contributed by atoms with E-state index in [1.807, 2.05) is 32.9 Å². The second kappa shape index (κ2) is 7.32. The van der Waals surface area contributed by atoms with E-state index >= 15 is 0 Å². The second-order valence-electron chi connectivity index (χ2n) is 6.38. The Bertz CT molecular complexity index is 1070. The van der Waals surface area contributed by atoms with Crippen LogP contribution in [0, 0.1) is 20.8 Å². The van der Waals surface area contributed by atoms with Crippen molar-refractivity contribution in [1.82, 2.24) is 9.55 Å². The van der Waals surface area contributed by atoms with Crippen LogP contribution in [0.5, 0.6) is 0 Å². The summed E-state index contributed by atoms with van der Waals surface area (Å²) in [5, 5.41) is 0.642. The van der Waals surface area contributed by atoms with Gasteiger partial charge in [0.15, 0.2) is 0 Å². The molecule has 2 heterocycles. The summed E-state index contributed by atoms with van der Waals surface area (Å²) in [6.45, 7) is 6.30. The Morgan fingerprint density at radius 1 is 1.31 bits per heavy atom. The first-order valence-electron chi connectivity index (χ1n) is 8.35. The second-order valence-corrected chi connectivity index (χ2v) is 8.44. The number of aryl methyl sites for hydroxylation is 3. The van der Waals surface area contributed by atoms with E-state index < -0.39 is 0 Å². The minimum Gasteiger partial charge on any atom is -0.370 e. The molecule has 7 heteroatoms. The molecule has 0 saturated heterocycles. The summed E-state index contributed by atoms with van der Waals surface area (Å²) < 4.78 is 2.59. The number of aromatic nitrogens is 2. The highest BCUT2D eigenvalue weighted by molar-refractivity contribution is 9.10. The van der Waals surface area contributed by atoms with Crippen LogP contribution in [0.15, 0.2) is 27.5 Å². The maximum atomic E-state index is 13.2. The summed E-state index contributed by atoms with van der Waals surface area (Å²) in [5.41, 5.74) is 8.21. The van der Waals surface area contributed by atoms with Crippen molar-refractivity contribution in [3.05, 3.63) is 49.3 Å². The molecule has 0 unspecified atom stereocenters. The number of halogens is 1. The Morgan fingerprint density at radius 3 is 2.73 bits per heavy atom. The van der Waals surface area contributed by atoms with Crippen LogP contribution in [0.25, 0.3) is 21.3 Å². The number of benzene rings is 1. The smallest absolute Gasteiger partial charge is 0.262 e. The van der Waals surface area contributed by atoms with Crippen LogP contribution in [0.4, 0.5) is 0 Å². The van der Waals surface area contributed by atoms with Crippen LogP contribution < -0.4 is 11.3 Å². The highest BCUT2D eigenvalue weighted by atomic mass is 79.9. The van der Waals surface area contributed by atoms with Gasteiger partial charge in [0.2, 0.25) is 5.91 Å². The number of carbonyl (C=O) groups excluding carboxylic acids is 1. The van der Waals surface area contributed by atoms with Crippen molar-refractivity contribution in [2.75, 3.05) is 0 Å². The summed E-state index contributed by atoms with van der Waals surface area (Å²) in [7, 11) is 0. The van der Waals surface area contributed by atoms with E-state index in [2.05, 4.69) is 27.0 Å². The molecule has 1 aromatic carbocycles. The molecule has 3 rings (SSSR count). The summed E-state index contributed by atoms with van der Waals surface area (Å²) in [4.78, 5) is 30.7. The zero-order valence-electron chi connectivity index (χ0n) is 14.9. The van der Waals surface area contributed by atoms with E-state index in [0.717, 1.165) is 30.9 Å². The average molecular weight is 434 g/mol. The number of amides is 1. The van der Waals surface area contributed by atoms with Gasteiger partial charge in [-0.05, 0) is 38.8 Å². The maximum absolute atomic E-state index is 13.2. The number of nitrogens with zero attached hydrogens (tertiary/aromatic N) is 2. The first-order valence-corrected chi connectivity index (χ1v) is 9.96. The Hall–Kier alpha value is -1.99. The molecule has 0 bridgehead atoms. The number of carbonyl (C=O) groups is 1. The fourth-order valence-electron chi connectivity index (χ4n) is 3.13. The highest BCUT2D eigenvalue weighted by Crippen LogP contribution is 2.39. The molecule has 136 valence electrons. The number of hydrogen-bond donors (Lipinski definition) is 1. The lowest BCUT2D eigenvalue weighted by Crippen LogP contribution is -2.24. The van der Waals surface area contributed by atoms with Gasteiger partial charge in [-0.3, -0.25) is 14.2 Å². The third kappa shape index (κ3) is 3.46. The van der Waals surface area contributed by atoms with Crippen molar-refractivity contribution in [1.29, 1.82) is 0 Å². The molecular formula is C19H20BrN3O2S. The first kappa shape index (κ1) is 18.8. The molecule has 1 amide bonds. The Morgan fingerprint density at radius 2 is 2.04 bits per heavy atom. The quantitative estimate of drug-likeness (QED) is 0.658. The van der Waals surface area contributed by atoms with E-state index in [-0.39, 0.29) is 17.9 Å². The third-order valence-corrected chi connectivity index (χ3v) is 6.07. The average Bonchev–Trinajstić information content (AvgIpc) is 2.88. The Kier molecular flexibility index (Phi) is 5.29. The van der Waals surface area contributed by atoms with Crippen LogP contribution >= 0.6 is 27.3 Å². The van der Waals surface area contributed by atoms with Gasteiger partial charge in [0, 0.05) is 27.9 Å². The maximum Gasteiger partial charge on any atom is 0.262 e. The molecule has 26 heavy (non-hydrogen) atoms. The lowest BCUT2D eigenvalue weighted by molar-refractivity contribution is -0.118. The van der Waals surface area contributed by atoms with Gasteiger partial charge >= 0.3 is 0 Å².